The van der Waals surface area contributed by atoms with Crippen molar-refractivity contribution in [1.82, 2.24) is 10.9 Å². The van der Waals surface area contributed by atoms with Gasteiger partial charge in [0.25, 0.3) is 0 Å². The lowest BCUT2D eigenvalue weighted by Crippen LogP contribution is -2.24. The molecule has 0 aliphatic carbocycles. The van der Waals surface area contributed by atoms with Gasteiger partial charge in [-0.2, -0.15) is 10.2 Å². The summed E-state index contributed by atoms with van der Waals surface area (Å²) in [5, 5.41) is 7.34. The molecule has 8 heteroatoms. The largest absolute Gasteiger partial charge is 0.350 e. The smallest absolute Gasteiger partial charge is 0.332 e. The van der Waals surface area contributed by atoms with E-state index < -0.39 is 12.1 Å². The van der Waals surface area contributed by atoms with Crippen LogP contribution in [0.4, 0.5) is 9.59 Å². The standard InChI is InChI=1S/C12H16N6O2/c13-11(19)17-15-7-5-9-3-1-2-4-10(9)6-8-16-18-12(14)20/h1-4,7-8H,5-6H2,(H3,13,17,19)(H3,14,18,20)/b15-7-,16-8-. The molecule has 1 aromatic rings. The maximum absolute atomic E-state index is 10.4. The van der Waals surface area contributed by atoms with E-state index in [1.165, 1.54) is 0 Å². The van der Waals surface area contributed by atoms with Crippen molar-refractivity contribution in [1.29, 1.82) is 0 Å². The van der Waals surface area contributed by atoms with Gasteiger partial charge in [-0.1, -0.05) is 24.3 Å². The van der Waals surface area contributed by atoms with Crippen LogP contribution in [0.3, 0.4) is 0 Å². The lowest BCUT2D eigenvalue weighted by atomic mass is 10.0. The topological polar surface area (TPSA) is 135 Å². The maximum atomic E-state index is 10.4. The van der Waals surface area contributed by atoms with Gasteiger partial charge in [0.2, 0.25) is 0 Å². The quantitative estimate of drug-likeness (QED) is 0.432. The number of rotatable bonds is 6. The van der Waals surface area contributed by atoms with Gasteiger partial charge in [0.1, 0.15) is 0 Å². The van der Waals surface area contributed by atoms with Crippen LogP contribution in [0.25, 0.3) is 0 Å². The lowest BCUT2D eigenvalue weighted by Gasteiger charge is -2.04. The molecule has 0 saturated carbocycles. The maximum Gasteiger partial charge on any atom is 0.332 e. The van der Waals surface area contributed by atoms with Gasteiger partial charge in [0.15, 0.2) is 0 Å². The number of carbonyl (C=O) groups excluding carboxylic acids is 2. The zero-order valence-electron chi connectivity index (χ0n) is 10.7. The predicted molar refractivity (Wildman–Crippen MR) is 76.3 cm³/mol. The zero-order valence-corrected chi connectivity index (χ0v) is 10.7. The van der Waals surface area contributed by atoms with Crippen molar-refractivity contribution in [3.63, 3.8) is 0 Å². The molecule has 106 valence electrons. The molecule has 1 rings (SSSR count). The molecule has 0 aromatic heterocycles. The van der Waals surface area contributed by atoms with Gasteiger partial charge in [-0.3, -0.25) is 0 Å². The Morgan fingerprint density at radius 3 is 1.70 bits per heavy atom. The number of hydrazone groups is 2. The van der Waals surface area contributed by atoms with Crippen molar-refractivity contribution in [2.75, 3.05) is 0 Å². The fourth-order valence-corrected chi connectivity index (χ4v) is 1.46. The van der Waals surface area contributed by atoms with Gasteiger partial charge in [-0.15, -0.1) is 0 Å². The predicted octanol–water partition coefficient (Wildman–Crippen LogP) is 0.0798. The van der Waals surface area contributed by atoms with Crippen LogP contribution in [0.5, 0.6) is 0 Å². The van der Waals surface area contributed by atoms with E-state index in [1.807, 2.05) is 24.3 Å². The second-order valence-corrected chi connectivity index (χ2v) is 3.75. The number of nitrogens with zero attached hydrogens (tertiary/aromatic N) is 2. The summed E-state index contributed by atoms with van der Waals surface area (Å²) < 4.78 is 0. The highest BCUT2D eigenvalue weighted by atomic mass is 16.2. The van der Waals surface area contributed by atoms with Crippen molar-refractivity contribution < 1.29 is 9.59 Å². The summed E-state index contributed by atoms with van der Waals surface area (Å²) in [7, 11) is 0. The highest BCUT2D eigenvalue weighted by molar-refractivity contribution is 5.74. The van der Waals surface area contributed by atoms with Crippen molar-refractivity contribution in [3.05, 3.63) is 35.4 Å². The number of hydrogen-bond donors (Lipinski definition) is 4. The molecule has 0 aliphatic heterocycles. The Morgan fingerprint density at radius 1 is 0.950 bits per heavy atom. The zero-order chi connectivity index (χ0) is 14.8. The van der Waals surface area contributed by atoms with Gasteiger partial charge in [-0.05, 0) is 11.1 Å². The highest BCUT2D eigenvalue weighted by Crippen LogP contribution is 2.08. The third-order valence-corrected chi connectivity index (χ3v) is 2.27. The number of primary amides is 2. The number of benzene rings is 1. The molecule has 0 spiro atoms. The normalized spacial score (nSPS) is 10.8. The average molecular weight is 276 g/mol. The number of nitrogens with one attached hydrogen (secondary N) is 2. The fraction of sp³-hybridized carbons (Fsp3) is 0.167. The van der Waals surface area contributed by atoms with Crippen LogP contribution in [0.15, 0.2) is 34.5 Å². The van der Waals surface area contributed by atoms with Gasteiger partial charge in [-0.25, -0.2) is 20.4 Å². The van der Waals surface area contributed by atoms with E-state index >= 15 is 0 Å². The highest BCUT2D eigenvalue weighted by Gasteiger charge is 1.99. The van der Waals surface area contributed by atoms with Crippen molar-refractivity contribution in [2.24, 2.45) is 21.7 Å². The summed E-state index contributed by atoms with van der Waals surface area (Å²) >= 11 is 0. The number of urea groups is 2. The summed E-state index contributed by atoms with van der Waals surface area (Å²) in [6.07, 6.45) is 4.16. The summed E-state index contributed by atoms with van der Waals surface area (Å²) in [6, 6.07) is 6.24. The van der Waals surface area contributed by atoms with E-state index in [0.717, 1.165) is 11.1 Å². The Labute approximate surface area is 115 Å². The molecular weight excluding hydrogens is 260 g/mol. The van der Waals surface area contributed by atoms with Crippen LogP contribution in [0, 0.1) is 0 Å². The van der Waals surface area contributed by atoms with Gasteiger partial charge < -0.3 is 11.5 Å². The third kappa shape index (κ3) is 6.15. The molecule has 0 unspecified atom stereocenters. The fourth-order valence-electron chi connectivity index (χ4n) is 1.46. The van der Waals surface area contributed by atoms with Crippen molar-refractivity contribution in [2.45, 2.75) is 12.8 Å². The molecule has 0 aliphatic rings. The van der Waals surface area contributed by atoms with Gasteiger partial charge >= 0.3 is 12.1 Å². The third-order valence-electron chi connectivity index (χ3n) is 2.27. The molecule has 0 radical (unpaired) electrons. The van der Waals surface area contributed by atoms with Crippen LogP contribution >= 0.6 is 0 Å². The first kappa shape index (κ1) is 15.2. The lowest BCUT2D eigenvalue weighted by molar-refractivity contribution is 0.248. The van der Waals surface area contributed by atoms with Crippen LogP contribution in [0.2, 0.25) is 0 Å². The minimum Gasteiger partial charge on any atom is -0.350 e. The number of hydrogen-bond acceptors (Lipinski definition) is 4. The first-order valence-corrected chi connectivity index (χ1v) is 5.80. The second-order valence-electron chi connectivity index (χ2n) is 3.75. The van der Waals surface area contributed by atoms with Crippen LogP contribution in [0.1, 0.15) is 11.1 Å². The summed E-state index contributed by atoms with van der Waals surface area (Å²) in [5.74, 6) is 0. The molecular formula is C12H16N6O2. The second kappa shape index (κ2) is 8.25. The first-order chi connectivity index (χ1) is 9.59. The molecule has 0 bridgehead atoms. The van der Waals surface area contributed by atoms with E-state index in [-0.39, 0.29) is 0 Å². The Balaban J connectivity index is 2.59. The Hall–Kier alpha value is -2.90. The molecule has 4 amide bonds. The molecule has 1 aromatic carbocycles. The van der Waals surface area contributed by atoms with Crippen LogP contribution < -0.4 is 22.3 Å². The van der Waals surface area contributed by atoms with Crippen molar-refractivity contribution in [3.8, 4) is 0 Å². The molecule has 20 heavy (non-hydrogen) atoms. The van der Waals surface area contributed by atoms with Crippen LogP contribution in [-0.2, 0) is 12.8 Å². The molecule has 0 saturated heterocycles. The Kier molecular flexibility index (Phi) is 6.25. The van der Waals surface area contributed by atoms with E-state index in [4.69, 9.17) is 11.5 Å². The summed E-state index contributed by atoms with van der Waals surface area (Å²) in [5.41, 5.74) is 16.0. The van der Waals surface area contributed by atoms with Crippen molar-refractivity contribution >= 4 is 24.5 Å². The molecule has 0 atom stereocenters. The minimum absolute atomic E-state index is 0.535. The average Bonchev–Trinajstić information content (AvgIpc) is 2.40. The van der Waals surface area contributed by atoms with E-state index in [2.05, 4.69) is 21.1 Å². The van der Waals surface area contributed by atoms with Gasteiger partial charge in [0, 0.05) is 25.3 Å². The van der Waals surface area contributed by atoms with E-state index in [1.54, 1.807) is 12.4 Å². The molecule has 0 heterocycles. The van der Waals surface area contributed by atoms with E-state index in [0.29, 0.717) is 12.8 Å². The Morgan fingerprint density at radius 2 is 1.35 bits per heavy atom. The SMILES string of the molecule is NC(=O)N/N=C\Cc1ccccc1C/C=N\NC(N)=O. The number of nitrogens with two attached hydrogens (primary N) is 2. The van der Waals surface area contributed by atoms with Crippen LogP contribution in [-0.4, -0.2) is 24.5 Å². The first-order valence-electron chi connectivity index (χ1n) is 5.80. The number of carbonyl (C=O) groups is 2. The minimum atomic E-state index is -0.709. The number of amides is 4. The molecule has 8 nitrogen and oxygen atoms in total. The monoisotopic (exact) mass is 276 g/mol. The summed E-state index contributed by atoms with van der Waals surface area (Å²) in [6.45, 7) is 0. The molecule has 0 fully saturated rings. The molecule has 6 N–H and O–H groups in total. The summed E-state index contributed by atoms with van der Waals surface area (Å²) in [4.78, 5) is 20.9. The van der Waals surface area contributed by atoms with E-state index in [9.17, 15) is 9.59 Å². The Bertz CT molecular complexity index is 479. The van der Waals surface area contributed by atoms with Gasteiger partial charge in [0.05, 0.1) is 0 Å².